The summed E-state index contributed by atoms with van der Waals surface area (Å²) in [6.45, 7) is 2.92. The Morgan fingerprint density at radius 3 is 2.85 bits per heavy atom. The minimum atomic E-state index is -1.01. The molecule has 0 saturated carbocycles. The van der Waals surface area contributed by atoms with Gasteiger partial charge in [-0.15, -0.1) is 0 Å². The number of aryl methyl sites for hydroxylation is 1. The molecular formula is C14H16FN3O2. The van der Waals surface area contributed by atoms with Crippen LogP contribution >= 0.6 is 0 Å². The number of halogens is 1. The second-order valence-electron chi connectivity index (χ2n) is 4.43. The van der Waals surface area contributed by atoms with Gasteiger partial charge < -0.3 is 10.0 Å². The maximum Gasteiger partial charge on any atom is 0.339 e. The predicted octanol–water partition coefficient (Wildman–Crippen LogP) is 2.28. The molecule has 2 aromatic rings. The molecule has 0 radical (unpaired) electrons. The Hall–Kier alpha value is -2.37. The monoisotopic (exact) mass is 277 g/mol. The fourth-order valence-electron chi connectivity index (χ4n) is 2.07. The van der Waals surface area contributed by atoms with Crippen LogP contribution in [0.15, 0.2) is 30.5 Å². The fourth-order valence-corrected chi connectivity index (χ4v) is 2.07. The Kier molecular flexibility index (Phi) is 4.02. The van der Waals surface area contributed by atoms with Crippen molar-refractivity contribution in [2.45, 2.75) is 13.5 Å². The third kappa shape index (κ3) is 2.79. The first kappa shape index (κ1) is 14.0. The first-order chi connectivity index (χ1) is 9.52. The molecule has 106 valence electrons. The van der Waals surface area contributed by atoms with Crippen LogP contribution in [0.4, 0.5) is 10.1 Å². The first-order valence-corrected chi connectivity index (χ1v) is 6.27. The maximum atomic E-state index is 13.3. The zero-order valence-corrected chi connectivity index (χ0v) is 11.4. The second kappa shape index (κ2) is 5.73. The molecule has 0 saturated heterocycles. The van der Waals surface area contributed by atoms with E-state index in [1.165, 1.54) is 23.0 Å². The maximum absolute atomic E-state index is 13.3. The van der Waals surface area contributed by atoms with Crippen molar-refractivity contribution in [1.29, 1.82) is 0 Å². The number of carboxylic acid groups (broad SMARTS) is 1. The van der Waals surface area contributed by atoms with Crippen molar-refractivity contribution in [3.05, 3.63) is 47.5 Å². The van der Waals surface area contributed by atoms with E-state index in [9.17, 15) is 9.18 Å². The van der Waals surface area contributed by atoms with Crippen molar-refractivity contribution in [2.24, 2.45) is 7.05 Å². The molecule has 6 heteroatoms. The average molecular weight is 277 g/mol. The molecule has 0 fully saturated rings. The number of rotatable bonds is 5. The second-order valence-corrected chi connectivity index (χ2v) is 4.43. The molecule has 0 unspecified atom stereocenters. The quantitative estimate of drug-likeness (QED) is 0.911. The van der Waals surface area contributed by atoms with Crippen LogP contribution in [0.5, 0.6) is 0 Å². The van der Waals surface area contributed by atoms with E-state index in [2.05, 4.69) is 5.10 Å². The molecule has 5 nitrogen and oxygen atoms in total. The Morgan fingerprint density at radius 2 is 2.25 bits per heavy atom. The number of nitrogens with zero attached hydrogens (tertiary/aromatic N) is 3. The zero-order chi connectivity index (χ0) is 14.7. The lowest BCUT2D eigenvalue weighted by atomic mass is 10.2. The summed E-state index contributed by atoms with van der Waals surface area (Å²) in [5, 5.41) is 13.1. The van der Waals surface area contributed by atoms with Gasteiger partial charge in [0.05, 0.1) is 18.4 Å². The van der Waals surface area contributed by atoms with Crippen molar-refractivity contribution in [3.63, 3.8) is 0 Å². The number of carbonyl (C=O) groups is 1. The van der Waals surface area contributed by atoms with Crippen LogP contribution in [0, 0.1) is 5.82 Å². The van der Waals surface area contributed by atoms with Crippen LogP contribution in [0.25, 0.3) is 0 Å². The first-order valence-electron chi connectivity index (χ1n) is 6.27. The number of aromatic carboxylic acids is 1. The number of anilines is 1. The standard InChI is InChI=1S/C14H16FN3O2/c1-3-18(11-6-4-5-10(15)7-11)9-13-12(14(19)20)8-16-17(13)2/h4-8H,3,9H2,1-2H3,(H,19,20). The summed E-state index contributed by atoms with van der Waals surface area (Å²) in [5.41, 5.74) is 1.47. The molecule has 2 rings (SSSR count). The van der Waals surface area contributed by atoms with Crippen LogP contribution < -0.4 is 4.90 Å². The van der Waals surface area contributed by atoms with Gasteiger partial charge in [0, 0.05) is 19.3 Å². The van der Waals surface area contributed by atoms with E-state index < -0.39 is 5.97 Å². The number of benzene rings is 1. The molecule has 0 amide bonds. The van der Waals surface area contributed by atoms with Gasteiger partial charge in [-0.25, -0.2) is 9.18 Å². The lowest BCUT2D eigenvalue weighted by molar-refractivity contribution is 0.0695. The van der Waals surface area contributed by atoms with Gasteiger partial charge in [0.25, 0.3) is 0 Å². The third-order valence-corrected chi connectivity index (χ3v) is 3.19. The summed E-state index contributed by atoms with van der Waals surface area (Å²) in [6, 6.07) is 6.24. The van der Waals surface area contributed by atoms with Gasteiger partial charge in [0.1, 0.15) is 11.4 Å². The molecule has 1 heterocycles. The van der Waals surface area contributed by atoms with Gasteiger partial charge in [-0.2, -0.15) is 5.10 Å². The van der Waals surface area contributed by atoms with Gasteiger partial charge in [-0.3, -0.25) is 4.68 Å². The minimum Gasteiger partial charge on any atom is -0.478 e. The van der Waals surface area contributed by atoms with E-state index in [4.69, 9.17) is 5.11 Å². The van der Waals surface area contributed by atoms with E-state index in [0.29, 0.717) is 24.5 Å². The number of carboxylic acids is 1. The molecule has 0 aliphatic carbocycles. The molecular weight excluding hydrogens is 261 g/mol. The molecule has 0 aliphatic heterocycles. The van der Waals surface area contributed by atoms with Crippen LogP contribution in [-0.4, -0.2) is 27.4 Å². The highest BCUT2D eigenvalue weighted by Crippen LogP contribution is 2.19. The third-order valence-electron chi connectivity index (χ3n) is 3.19. The van der Waals surface area contributed by atoms with E-state index >= 15 is 0 Å². The average Bonchev–Trinajstić information content (AvgIpc) is 2.77. The summed E-state index contributed by atoms with van der Waals surface area (Å²) in [6.07, 6.45) is 1.33. The van der Waals surface area contributed by atoms with Gasteiger partial charge in [0.2, 0.25) is 0 Å². The van der Waals surface area contributed by atoms with Crippen LogP contribution in [0.3, 0.4) is 0 Å². The van der Waals surface area contributed by atoms with Crippen LogP contribution in [0.1, 0.15) is 23.0 Å². The molecule has 1 aromatic heterocycles. The van der Waals surface area contributed by atoms with E-state index in [1.54, 1.807) is 19.2 Å². The molecule has 0 spiro atoms. The number of aromatic nitrogens is 2. The van der Waals surface area contributed by atoms with Crippen LogP contribution in [0.2, 0.25) is 0 Å². The van der Waals surface area contributed by atoms with Gasteiger partial charge in [-0.1, -0.05) is 6.07 Å². The molecule has 0 atom stereocenters. The smallest absolute Gasteiger partial charge is 0.339 e. The largest absolute Gasteiger partial charge is 0.478 e. The van der Waals surface area contributed by atoms with Crippen molar-refractivity contribution >= 4 is 11.7 Å². The Balaban J connectivity index is 2.31. The Bertz CT molecular complexity index is 625. The molecule has 0 aliphatic rings. The highest BCUT2D eigenvalue weighted by atomic mass is 19.1. The topological polar surface area (TPSA) is 58.4 Å². The summed E-state index contributed by atoms with van der Waals surface area (Å²) in [7, 11) is 1.70. The van der Waals surface area contributed by atoms with E-state index in [0.717, 1.165) is 0 Å². The van der Waals surface area contributed by atoms with Gasteiger partial charge >= 0.3 is 5.97 Å². The highest BCUT2D eigenvalue weighted by Gasteiger charge is 2.17. The highest BCUT2D eigenvalue weighted by molar-refractivity contribution is 5.88. The minimum absolute atomic E-state index is 0.169. The molecule has 20 heavy (non-hydrogen) atoms. The van der Waals surface area contributed by atoms with Crippen molar-refractivity contribution < 1.29 is 14.3 Å². The Morgan fingerprint density at radius 1 is 1.50 bits per heavy atom. The van der Waals surface area contributed by atoms with Gasteiger partial charge in [-0.05, 0) is 25.1 Å². The lowest BCUT2D eigenvalue weighted by Crippen LogP contribution is -2.24. The Labute approximate surface area is 116 Å². The number of hydrogen-bond donors (Lipinski definition) is 1. The normalized spacial score (nSPS) is 10.6. The summed E-state index contributed by atoms with van der Waals surface area (Å²) in [5.74, 6) is -1.33. The molecule has 0 bridgehead atoms. The van der Waals surface area contributed by atoms with E-state index in [-0.39, 0.29) is 11.4 Å². The lowest BCUT2D eigenvalue weighted by Gasteiger charge is -2.23. The zero-order valence-electron chi connectivity index (χ0n) is 11.4. The molecule has 1 aromatic carbocycles. The summed E-state index contributed by atoms with van der Waals surface area (Å²) >= 11 is 0. The van der Waals surface area contributed by atoms with E-state index in [1.807, 2.05) is 11.8 Å². The summed E-state index contributed by atoms with van der Waals surface area (Å²) < 4.78 is 14.8. The van der Waals surface area contributed by atoms with Crippen molar-refractivity contribution in [1.82, 2.24) is 9.78 Å². The predicted molar refractivity (Wildman–Crippen MR) is 73.3 cm³/mol. The van der Waals surface area contributed by atoms with Gasteiger partial charge in [0.15, 0.2) is 0 Å². The SMILES string of the molecule is CCN(Cc1c(C(=O)O)cnn1C)c1cccc(F)c1. The summed E-state index contributed by atoms with van der Waals surface area (Å²) in [4.78, 5) is 13.1. The van der Waals surface area contributed by atoms with Crippen molar-refractivity contribution in [3.8, 4) is 0 Å². The fraction of sp³-hybridized carbons (Fsp3) is 0.286. The van der Waals surface area contributed by atoms with Crippen LogP contribution in [-0.2, 0) is 13.6 Å². The van der Waals surface area contributed by atoms with Crippen molar-refractivity contribution in [2.75, 3.05) is 11.4 Å². The number of hydrogen-bond acceptors (Lipinski definition) is 3. The molecule has 1 N–H and O–H groups in total.